The van der Waals surface area contributed by atoms with Crippen molar-refractivity contribution in [2.24, 2.45) is 0 Å². The molecule has 1 unspecified atom stereocenters. The van der Waals surface area contributed by atoms with Crippen molar-refractivity contribution in [1.29, 1.82) is 0 Å². The number of aliphatic carboxylic acids is 1. The Hall–Kier alpha value is -1.56. The van der Waals surface area contributed by atoms with Gasteiger partial charge in [-0.3, -0.25) is 0 Å². The normalized spacial score (nSPS) is 11.9. The summed E-state index contributed by atoms with van der Waals surface area (Å²) in [6, 6.07) is 0.735. The molecule has 1 atom stereocenters. The van der Waals surface area contributed by atoms with E-state index in [0.717, 1.165) is 4.88 Å². The summed E-state index contributed by atoms with van der Waals surface area (Å²) in [7, 11) is 0. The number of carboxylic acids is 1. The van der Waals surface area contributed by atoms with Crippen LogP contribution in [0.3, 0.4) is 0 Å². The van der Waals surface area contributed by atoms with Gasteiger partial charge in [0, 0.05) is 9.75 Å². The van der Waals surface area contributed by atoms with E-state index < -0.39 is 18.0 Å². The molecule has 0 saturated heterocycles. The van der Waals surface area contributed by atoms with Crippen LogP contribution in [0, 0.1) is 13.8 Å². The predicted molar refractivity (Wildman–Crippen MR) is 70.9 cm³/mol. The topological polar surface area (TPSA) is 78.4 Å². The molecular formula is C12H18N2O3S. The van der Waals surface area contributed by atoms with Crippen molar-refractivity contribution in [1.82, 2.24) is 10.6 Å². The maximum atomic E-state index is 11.5. The third kappa shape index (κ3) is 4.03. The standard InChI is InChI=1S/C12H18N2O3S/c1-4-10(11(15)16)14-12(17)13-6-9-5-7(2)8(3)18-9/h5,10H,4,6H2,1-3H3,(H,15,16)(H2,13,14,17). The van der Waals surface area contributed by atoms with Gasteiger partial charge in [-0.05, 0) is 31.9 Å². The number of hydrogen-bond donors (Lipinski definition) is 3. The first-order valence-electron chi connectivity index (χ1n) is 5.77. The molecule has 5 nitrogen and oxygen atoms in total. The lowest BCUT2D eigenvalue weighted by molar-refractivity contribution is -0.139. The maximum Gasteiger partial charge on any atom is 0.326 e. The average Bonchev–Trinajstić information content (AvgIpc) is 2.63. The van der Waals surface area contributed by atoms with Crippen LogP contribution < -0.4 is 10.6 Å². The molecule has 0 bridgehead atoms. The first-order chi connectivity index (χ1) is 8.43. The zero-order valence-electron chi connectivity index (χ0n) is 10.7. The SMILES string of the molecule is CCC(NC(=O)NCc1cc(C)c(C)s1)C(=O)O. The fraction of sp³-hybridized carbons (Fsp3) is 0.500. The van der Waals surface area contributed by atoms with E-state index in [9.17, 15) is 9.59 Å². The molecule has 18 heavy (non-hydrogen) atoms. The van der Waals surface area contributed by atoms with E-state index in [1.54, 1.807) is 18.3 Å². The zero-order valence-corrected chi connectivity index (χ0v) is 11.6. The first kappa shape index (κ1) is 14.5. The molecule has 1 aromatic heterocycles. The van der Waals surface area contributed by atoms with Gasteiger partial charge in [-0.25, -0.2) is 9.59 Å². The van der Waals surface area contributed by atoms with Gasteiger partial charge in [0.05, 0.1) is 6.54 Å². The molecule has 0 aliphatic heterocycles. The van der Waals surface area contributed by atoms with Crippen LogP contribution in [0.2, 0.25) is 0 Å². The van der Waals surface area contributed by atoms with E-state index in [1.807, 2.05) is 19.9 Å². The van der Waals surface area contributed by atoms with Crippen LogP contribution in [0.15, 0.2) is 6.07 Å². The fourth-order valence-corrected chi connectivity index (χ4v) is 2.45. The average molecular weight is 270 g/mol. The predicted octanol–water partition coefficient (Wildman–Crippen LogP) is 2.03. The van der Waals surface area contributed by atoms with E-state index in [4.69, 9.17) is 5.11 Å². The smallest absolute Gasteiger partial charge is 0.326 e. The van der Waals surface area contributed by atoms with Crippen molar-refractivity contribution in [3.8, 4) is 0 Å². The Kier molecular flexibility index (Phi) is 5.15. The van der Waals surface area contributed by atoms with Gasteiger partial charge in [-0.1, -0.05) is 6.92 Å². The van der Waals surface area contributed by atoms with Crippen LogP contribution in [-0.2, 0) is 11.3 Å². The molecule has 1 heterocycles. The summed E-state index contributed by atoms with van der Waals surface area (Å²) in [5, 5.41) is 13.9. The van der Waals surface area contributed by atoms with E-state index in [0.29, 0.717) is 13.0 Å². The Morgan fingerprint density at radius 2 is 2.11 bits per heavy atom. The summed E-state index contributed by atoms with van der Waals surface area (Å²) in [6.45, 7) is 6.18. The van der Waals surface area contributed by atoms with Gasteiger partial charge in [0.2, 0.25) is 0 Å². The van der Waals surface area contributed by atoms with Gasteiger partial charge in [-0.15, -0.1) is 11.3 Å². The number of aryl methyl sites for hydroxylation is 2. The molecule has 0 spiro atoms. The number of thiophene rings is 1. The van der Waals surface area contributed by atoms with Crippen molar-refractivity contribution in [2.75, 3.05) is 0 Å². The van der Waals surface area contributed by atoms with Crippen LogP contribution >= 0.6 is 11.3 Å². The van der Waals surface area contributed by atoms with Gasteiger partial charge in [0.15, 0.2) is 0 Å². The molecule has 1 aromatic rings. The Balaban J connectivity index is 2.44. The highest BCUT2D eigenvalue weighted by molar-refractivity contribution is 7.12. The minimum absolute atomic E-state index is 0.361. The molecule has 2 amide bonds. The Morgan fingerprint density at radius 1 is 1.44 bits per heavy atom. The van der Waals surface area contributed by atoms with Gasteiger partial charge in [0.1, 0.15) is 6.04 Å². The van der Waals surface area contributed by atoms with E-state index >= 15 is 0 Å². The van der Waals surface area contributed by atoms with E-state index in [1.165, 1.54) is 10.4 Å². The number of urea groups is 1. The second-order valence-electron chi connectivity index (χ2n) is 4.08. The molecule has 0 fully saturated rings. The minimum atomic E-state index is -1.02. The summed E-state index contributed by atoms with van der Waals surface area (Å²) in [4.78, 5) is 24.5. The lowest BCUT2D eigenvalue weighted by Gasteiger charge is -2.12. The second-order valence-corrected chi connectivity index (χ2v) is 5.42. The lowest BCUT2D eigenvalue weighted by Crippen LogP contribution is -2.45. The van der Waals surface area contributed by atoms with Crippen molar-refractivity contribution in [3.63, 3.8) is 0 Å². The second kappa shape index (κ2) is 6.39. The number of hydrogen-bond acceptors (Lipinski definition) is 3. The van der Waals surface area contributed by atoms with Crippen molar-refractivity contribution >= 4 is 23.3 Å². The van der Waals surface area contributed by atoms with Crippen LogP contribution in [0.25, 0.3) is 0 Å². The number of amides is 2. The third-order valence-electron chi connectivity index (χ3n) is 2.65. The quantitative estimate of drug-likeness (QED) is 0.766. The van der Waals surface area contributed by atoms with E-state index in [2.05, 4.69) is 10.6 Å². The minimum Gasteiger partial charge on any atom is -0.480 e. The monoisotopic (exact) mass is 270 g/mol. The van der Waals surface area contributed by atoms with Gasteiger partial charge < -0.3 is 15.7 Å². The van der Waals surface area contributed by atoms with Crippen LogP contribution in [0.5, 0.6) is 0 Å². The Morgan fingerprint density at radius 3 is 2.56 bits per heavy atom. The molecule has 0 aliphatic rings. The summed E-state index contributed by atoms with van der Waals surface area (Å²) < 4.78 is 0. The largest absolute Gasteiger partial charge is 0.480 e. The molecule has 0 aliphatic carbocycles. The number of nitrogens with one attached hydrogen (secondary N) is 2. The van der Waals surface area contributed by atoms with Gasteiger partial charge in [-0.2, -0.15) is 0 Å². The van der Waals surface area contributed by atoms with Crippen LogP contribution in [0.4, 0.5) is 4.79 Å². The Bertz CT molecular complexity index is 423. The van der Waals surface area contributed by atoms with Crippen LogP contribution in [0.1, 0.15) is 28.7 Å². The summed E-state index contributed by atoms with van der Waals surface area (Å²) >= 11 is 1.63. The molecule has 0 saturated carbocycles. The summed E-state index contributed by atoms with van der Waals surface area (Å²) in [5.41, 5.74) is 1.20. The zero-order chi connectivity index (χ0) is 13.7. The molecule has 3 N–H and O–H groups in total. The highest BCUT2D eigenvalue weighted by atomic mass is 32.1. The Labute approximate surface area is 110 Å². The maximum absolute atomic E-state index is 11.5. The molecule has 1 rings (SSSR count). The highest BCUT2D eigenvalue weighted by Crippen LogP contribution is 2.20. The fourth-order valence-electron chi connectivity index (χ4n) is 1.45. The molecule has 0 aromatic carbocycles. The van der Waals surface area contributed by atoms with E-state index in [-0.39, 0.29) is 0 Å². The van der Waals surface area contributed by atoms with Crippen molar-refractivity contribution in [3.05, 3.63) is 21.4 Å². The first-order valence-corrected chi connectivity index (χ1v) is 6.58. The molecule has 6 heteroatoms. The van der Waals surface area contributed by atoms with Gasteiger partial charge in [0.25, 0.3) is 0 Å². The lowest BCUT2D eigenvalue weighted by atomic mass is 10.2. The van der Waals surface area contributed by atoms with Crippen molar-refractivity contribution in [2.45, 2.75) is 39.8 Å². The molecule has 100 valence electrons. The van der Waals surface area contributed by atoms with Gasteiger partial charge >= 0.3 is 12.0 Å². The number of carboxylic acid groups (broad SMARTS) is 1. The summed E-state index contributed by atoms with van der Waals surface area (Å²) in [5.74, 6) is -1.02. The van der Waals surface area contributed by atoms with Crippen molar-refractivity contribution < 1.29 is 14.7 Å². The molecule has 0 radical (unpaired) electrons. The van der Waals surface area contributed by atoms with Crippen LogP contribution in [-0.4, -0.2) is 23.1 Å². The molecular weight excluding hydrogens is 252 g/mol. The number of carbonyl (C=O) groups is 2. The highest BCUT2D eigenvalue weighted by Gasteiger charge is 2.17. The number of rotatable bonds is 5. The third-order valence-corrected chi connectivity index (χ3v) is 3.80. The summed E-state index contributed by atoms with van der Waals surface area (Å²) in [6.07, 6.45) is 0.361. The number of carbonyl (C=O) groups excluding carboxylic acids is 1.